The minimum atomic E-state index is 0.694. The molecule has 100 valence electrons. The summed E-state index contributed by atoms with van der Waals surface area (Å²) in [6, 6.07) is 8.39. The average molecular weight is 274 g/mol. The second-order valence-corrected chi connectivity index (χ2v) is 5.37. The summed E-state index contributed by atoms with van der Waals surface area (Å²) in [5.74, 6) is 7.79. The van der Waals surface area contributed by atoms with E-state index in [1.165, 1.54) is 11.1 Å². The smallest absolute Gasteiger partial charge is 0.147 e. The zero-order chi connectivity index (χ0) is 13.8. The normalized spacial score (nSPS) is 10.5. The number of nitrogen functional groups attached to an aromatic ring is 1. The SMILES string of the molecule is Cc1nc(NN)c(C)c(SCc2ccccc2C)n1. The minimum absolute atomic E-state index is 0.694. The highest BCUT2D eigenvalue weighted by molar-refractivity contribution is 7.98. The summed E-state index contributed by atoms with van der Waals surface area (Å²) in [6.45, 7) is 5.98. The maximum atomic E-state index is 5.47. The first kappa shape index (κ1) is 13.8. The lowest BCUT2D eigenvalue weighted by Crippen LogP contribution is -2.12. The fraction of sp³-hybridized carbons (Fsp3) is 0.286. The second kappa shape index (κ2) is 6.04. The lowest BCUT2D eigenvalue weighted by atomic mass is 10.1. The molecular weight excluding hydrogens is 256 g/mol. The molecule has 19 heavy (non-hydrogen) atoms. The van der Waals surface area contributed by atoms with Crippen LogP contribution in [0.2, 0.25) is 0 Å². The van der Waals surface area contributed by atoms with Gasteiger partial charge < -0.3 is 5.43 Å². The molecule has 0 saturated heterocycles. The Hall–Kier alpha value is -1.59. The van der Waals surface area contributed by atoms with Crippen molar-refractivity contribution in [2.75, 3.05) is 5.43 Å². The van der Waals surface area contributed by atoms with E-state index in [0.29, 0.717) is 5.82 Å². The van der Waals surface area contributed by atoms with Gasteiger partial charge in [0.2, 0.25) is 0 Å². The number of benzene rings is 1. The number of aryl methyl sites for hydroxylation is 2. The molecule has 0 fully saturated rings. The van der Waals surface area contributed by atoms with Crippen LogP contribution in [-0.4, -0.2) is 9.97 Å². The number of nitrogens with one attached hydrogen (secondary N) is 1. The molecular formula is C14H18N4S. The number of anilines is 1. The first-order chi connectivity index (χ1) is 9.11. The Morgan fingerprint density at radius 2 is 1.89 bits per heavy atom. The average Bonchev–Trinajstić information content (AvgIpc) is 2.41. The molecule has 0 bridgehead atoms. The molecule has 2 rings (SSSR count). The highest BCUT2D eigenvalue weighted by atomic mass is 32.2. The van der Waals surface area contributed by atoms with Gasteiger partial charge in [0, 0.05) is 11.3 Å². The number of nitrogens with two attached hydrogens (primary N) is 1. The lowest BCUT2D eigenvalue weighted by molar-refractivity contribution is 0.935. The second-order valence-electron chi connectivity index (χ2n) is 4.41. The van der Waals surface area contributed by atoms with Crippen molar-refractivity contribution in [2.45, 2.75) is 31.6 Å². The minimum Gasteiger partial charge on any atom is -0.308 e. The standard InChI is InChI=1S/C14H18N4S/c1-9-6-4-5-7-12(9)8-19-14-10(2)13(18-15)16-11(3)17-14/h4-7H,8,15H2,1-3H3,(H,16,17,18). The Morgan fingerprint density at radius 1 is 1.16 bits per heavy atom. The van der Waals surface area contributed by atoms with Crippen molar-refractivity contribution in [3.8, 4) is 0 Å². The Balaban J connectivity index is 2.20. The number of hydrazine groups is 1. The Bertz CT molecular complexity index is 584. The summed E-state index contributed by atoms with van der Waals surface area (Å²) in [7, 11) is 0. The van der Waals surface area contributed by atoms with E-state index in [0.717, 1.165) is 22.2 Å². The number of hydrogen-bond acceptors (Lipinski definition) is 5. The van der Waals surface area contributed by atoms with Crippen molar-refractivity contribution in [1.82, 2.24) is 9.97 Å². The summed E-state index contributed by atoms with van der Waals surface area (Å²) < 4.78 is 0. The van der Waals surface area contributed by atoms with Crippen LogP contribution in [0.5, 0.6) is 0 Å². The van der Waals surface area contributed by atoms with Crippen molar-refractivity contribution in [1.29, 1.82) is 0 Å². The molecule has 2 aromatic rings. The summed E-state index contributed by atoms with van der Waals surface area (Å²) in [5.41, 5.74) is 6.24. The van der Waals surface area contributed by atoms with Gasteiger partial charge >= 0.3 is 0 Å². The third kappa shape index (κ3) is 3.24. The van der Waals surface area contributed by atoms with E-state index in [9.17, 15) is 0 Å². The molecule has 1 heterocycles. The van der Waals surface area contributed by atoms with Crippen LogP contribution < -0.4 is 11.3 Å². The van der Waals surface area contributed by atoms with Gasteiger partial charge in [-0.1, -0.05) is 24.3 Å². The van der Waals surface area contributed by atoms with Gasteiger partial charge in [0.05, 0.1) is 0 Å². The first-order valence-corrected chi connectivity index (χ1v) is 7.09. The van der Waals surface area contributed by atoms with E-state index in [2.05, 4.69) is 46.6 Å². The van der Waals surface area contributed by atoms with Crippen molar-refractivity contribution < 1.29 is 0 Å². The maximum absolute atomic E-state index is 5.47. The van der Waals surface area contributed by atoms with E-state index in [-0.39, 0.29) is 0 Å². The highest BCUT2D eigenvalue weighted by Gasteiger charge is 2.09. The van der Waals surface area contributed by atoms with Crippen LogP contribution in [-0.2, 0) is 5.75 Å². The van der Waals surface area contributed by atoms with Crippen LogP contribution in [0.1, 0.15) is 22.5 Å². The number of rotatable bonds is 4. The third-order valence-corrected chi connectivity index (χ3v) is 4.10. The van der Waals surface area contributed by atoms with Gasteiger partial charge in [0.15, 0.2) is 0 Å². The third-order valence-electron chi connectivity index (χ3n) is 2.98. The predicted octanol–water partition coefficient (Wildman–Crippen LogP) is 2.98. The molecule has 0 amide bonds. The van der Waals surface area contributed by atoms with Crippen molar-refractivity contribution >= 4 is 17.6 Å². The van der Waals surface area contributed by atoms with Gasteiger partial charge in [-0.25, -0.2) is 15.8 Å². The monoisotopic (exact) mass is 274 g/mol. The summed E-state index contributed by atoms with van der Waals surface area (Å²) in [6.07, 6.45) is 0. The zero-order valence-electron chi connectivity index (χ0n) is 11.4. The van der Waals surface area contributed by atoms with E-state index in [1.807, 2.05) is 13.8 Å². The lowest BCUT2D eigenvalue weighted by Gasteiger charge is -2.11. The van der Waals surface area contributed by atoms with E-state index in [4.69, 9.17) is 5.84 Å². The van der Waals surface area contributed by atoms with E-state index in [1.54, 1.807) is 11.8 Å². The number of hydrogen-bond donors (Lipinski definition) is 2. The van der Waals surface area contributed by atoms with Crippen LogP contribution in [0, 0.1) is 20.8 Å². The van der Waals surface area contributed by atoms with Crippen molar-refractivity contribution in [3.63, 3.8) is 0 Å². The van der Waals surface area contributed by atoms with E-state index >= 15 is 0 Å². The molecule has 1 aromatic heterocycles. The van der Waals surface area contributed by atoms with Crippen molar-refractivity contribution in [3.05, 3.63) is 46.8 Å². The van der Waals surface area contributed by atoms with Gasteiger partial charge in [-0.3, -0.25) is 0 Å². The van der Waals surface area contributed by atoms with Crippen LogP contribution in [0.4, 0.5) is 5.82 Å². The fourth-order valence-corrected chi connectivity index (χ4v) is 2.93. The molecule has 1 aromatic carbocycles. The Kier molecular flexibility index (Phi) is 4.39. The van der Waals surface area contributed by atoms with E-state index < -0.39 is 0 Å². The summed E-state index contributed by atoms with van der Waals surface area (Å²) in [4.78, 5) is 8.75. The summed E-state index contributed by atoms with van der Waals surface area (Å²) >= 11 is 1.71. The molecule has 0 radical (unpaired) electrons. The number of thioether (sulfide) groups is 1. The quantitative estimate of drug-likeness (QED) is 0.388. The number of nitrogens with zero attached hydrogens (tertiary/aromatic N) is 2. The van der Waals surface area contributed by atoms with Gasteiger partial charge in [-0.05, 0) is 31.9 Å². The largest absolute Gasteiger partial charge is 0.308 e. The van der Waals surface area contributed by atoms with Crippen LogP contribution in [0.3, 0.4) is 0 Å². The zero-order valence-corrected chi connectivity index (χ0v) is 12.2. The molecule has 0 spiro atoms. The highest BCUT2D eigenvalue weighted by Crippen LogP contribution is 2.28. The fourth-order valence-electron chi connectivity index (χ4n) is 1.80. The van der Waals surface area contributed by atoms with Crippen LogP contribution in [0.25, 0.3) is 0 Å². The summed E-state index contributed by atoms with van der Waals surface area (Å²) in [5, 5.41) is 0.976. The molecule has 0 aliphatic carbocycles. The maximum Gasteiger partial charge on any atom is 0.147 e. The molecule has 0 atom stereocenters. The van der Waals surface area contributed by atoms with Crippen LogP contribution >= 0.6 is 11.8 Å². The van der Waals surface area contributed by atoms with Gasteiger partial charge in [-0.2, -0.15) is 0 Å². The van der Waals surface area contributed by atoms with Gasteiger partial charge in [0.1, 0.15) is 16.7 Å². The Labute approximate surface area is 117 Å². The molecule has 4 nitrogen and oxygen atoms in total. The van der Waals surface area contributed by atoms with Crippen LogP contribution in [0.15, 0.2) is 29.3 Å². The van der Waals surface area contributed by atoms with Crippen molar-refractivity contribution in [2.24, 2.45) is 5.84 Å². The predicted molar refractivity (Wildman–Crippen MR) is 80.1 cm³/mol. The molecule has 0 unspecified atom stereocenters. The number of aromatic nitrogens is 2. The molecule has 5 heteroatoms. The molecule has 0 aliphatic rings. The molecule has 0 aliphatic heterocycles. The molecule has 3 N–H and O–H groups in total. The topological polar surface area (TPSA) is 63.8 Å². The first-order valence-electron chi connectivity index (χ1n) is 6.11. The van der Waals surface area contributed by atoms with Gasteiger partial charge in [0.25, 0.3) is 0 Å². The van der Waals surface area contributed by atoms with Gasteiger partial charge in [-0.15, -0.1) is 11.8 Å². The molecule has 0 saturated carbocycles. The Morgan fingerprint density at radius 3 is 2.58 bits per heavy atom.